The monoisotopic (exact) mass is 422 g/mol. The van der Waals surface area contributed by atoms with Crippen LogP contribution >= 0.6 is 0 Å². The van der Waals surface area contributed by atoms with Crippen molar-refractivity contribution in [1.29, 1.82) is 0 Å². The minimum absolute atomic E-state index is 0.0718. The summed E-state index contributed by atoms with van der Waals surface area (Å²) in [4.78, 5) is 28.7. The molecule has 0 aliphatic carbocycles. The second-order valence-electron chi connectivity index (χ2n) is 7.21. The number of methoxy groups -OCH3 is 1. The molecular formula is C24H23FN2O4. The zero-order valence-corrected chi connectivity index (χ0v) is 17.5. The number of hydrogen-bond donors (Lipinski definition) is 2. The Morgan fingerprint density at radius 2 is 1.87 bits per heavy atom. The lowest BCUT2D eigenvalue weighted by atomic mass is 10.0. The summed E-state index contributed by atoms with van der Waals surface area (Å²) in [7, 11) is 1.52. The SMILES string of the molecule is COc1ccc(C(=O)NC(CC(=O)O)c2ccccc2F)nc1-c1ccc(C)cc1C. The Morgan fingerprint density at radius 3 is 2.52 bits per heavy atom. The third-order valence-corrected chi connectivity index (χ3v) is 4.91. The number of nitrogens with zero attached hydrogens (tertiary/aromatic N) is 1. The van der Waals surface area contributed by atoms with Gasteiger partial charge in [0.05, 0.1) is 19.6 Å². The van der Waals surface area contributed by atoms with Crippen molar-refractivity contribution >= 4 is 11.9 Å². The molecule has 7 heteroatoms. The summed E-state index contributed by atoms with van der Waals surface area (Å²) < 4.78 is 19.6. The van der Waals surface area contributed by atoms with Gasteiger partial charge < -0.3 is 15.2 Å². The number of benzene rings is 2. The first-order valence-corrected chi connectivity index (χ1v) is 9.70. The number of carbonyl (C=O) groups excluding carboxylic acids is 1. The molecule has 2 N–H and O–H groups in total. The van der Waals surface area contributed by atoms with E-state index in [1.807, 2.05) is 32.0 Å². The quantitative estimate of drug-likeness (QED) is 0.587. The van der Waals surface area contributed by atoms with E-state index in [0.29, 0.717) is 11.4 Å². The van der Waals surface area contributed by atoms with Crippen LogP contribution in [0.5, 0.6) is 5.75 Å². The van der Waals surface area contributed by atoms with Gasteiger partial charge in [-0.1, -0.05) is 42.0 Å². The normalized spacial score (nSPS) is 11.6. The molecule has 1 aromatic heterocycles. The van der Waals surface area contributed by atoms with Gasteiger partial charge in [-0.25, -0.2) is 9.37 Å². The molecule has 31 heavy (non-hydrogen) atoms. The molecule has 160 valence electrons. The van der Waals surface area contributed by atoms with Crippen LogP contribution in [0.25, 0.3) is 11.3 Å². The van der Waals surface area contributed by atoms with Crippen LogP contribution in [0.2, 0.25) is 0 Å². The molecule has 3 rings (SSSR count). The van der Waals surface area contributed by atoms with E-state index in [9.17, 15) is 19.1 Å². The van der Waals surface area contributed by atoms with Crippen LogP contribution in [0.1, 0.15) is 39.6 Å². The molecule has 0 aliphatic heterocycles. The van der Waals surface area contributed by atoms with Gasteiger partial charge in [0.2, 0.25) is 0 Å². The van der Waals surface area contributed by atoms with Crippen molar-refractivity contribution in [3.8, 4) is 17.0 Å². The summed E-state index contributed by atoms with van der Waals surface area (Å²) in [5, 5.41) is 11.8. The van der Waals surface area contributed by atoms with Crippen LogP contribution in [-0.2, 0) is 4.79 Å². The smallest absolute Gasteiger partial charge is 0.305 e. The Hall–Kier alpha value is -3.74. The number of carboxylic acids is 1. The highest BCUT2D eigenvalue weighted by atomic mass is 19.1. The van der Waals surface area contributed by atoms with Crippen LogP contribution in [-0.4, -0.2) is 29.1 Å². The molecular weight excluding hydrogens is 399 g/mol. The first kappa shape index (κ1) is 22.0. The first-order chi connectivity index (χ1) is 14.8. The maximum absolute atomic E-state index is 14.2. The zero-order chi connectivity index (χ0) is 22.5. The summed E-state index contributed by atoms with van der Waals surface area (Å²) in [6, 6.07) is 13.7. The van der Waals surface area contributed by atoms with Crippen molar-refractivity contribution in [3.05, 3.63) is 82.8 Å². The van der Waals surface area contributed by atoms with Crippen molar-refractivity contribution < 1.29 is 23.8 Å². The van der Waals surface area contributed by atoms with Gasteiger partial charge in [-0.05, 0) is 37.6 Å². The molecule has 1 unspecified atom stereocenters. The van der Waals surface area contributed by atoms with E-state index in [1.165, 1.54) is 31.4 Å². The lowest BCUT2D eigenvalue weighted by Gasteiger charge is -2.18. The number of aryl methyl sites for hydroxylation is 2. The highest BCUT2D eigenvalue weighted by Gasteiger charge is 2.23. The first-order valence-electron chi connectivity index (χ1n) is 9.70. The van der Waals surface area contributed by atoms with E-state index in [4.69, 9.17) is 4.74 Å². The van der Waals surface area contributed by atoms with E-state index in [2.05, 4.69) is 10.3 Å². The maximum atomic E-state index is 14.2. The maximum Gasteiger partial charge on any atom is 0.305 e. The third kappa shape index (κ3) is 5.06. The van der Waals surface area contributed by atoms with Gasteiger partial charge in [-0.2, -0.15) is 0 Å². The molecule has 0 bridgehead atoms. The minimum Gasteiger partial charge on any atom is -0.494 e. The van der Waals surface area contributed by atoms with Crippen LogP contribution in [0.3, 0.4) is 0 Å². The Balaban J connectivity index is 1.97. The van der Waals surface area contributed by atoms with Crippen LogP contribution in [0.15, 0.2) is 54.6 Å². The number of carbonyl (C=O) groups is 2. The van der Waals surface area contributed by atoms with Crippen molar-refractivity contribution in [2.24, 2.45) is 0 Å². The molecule has 0 saturated carbocycles. The molecule has 2 aromatic carbocycles. The Kier molecular flexibility index (Phi) is 6.65. The topological polar surface area (TPSA) is 88.5 Å². The molecule has 1 amide bonds. The predicted octanol–water partition coefficient (Wildman–Crippen LogP) is 4.46. The van der Waals surface area contributed by atoms with Gasteiger partial charge in [-0.3, -0.25) is 9.59 Å². The molecule has 1 heterocycles. The molecule has 0 saturated heterocycles. The highest BCUT2D eigenvalue weighted by molar-refractivity contribution is 5.94. The number of ether oxygens (including phenoxy) is 1. The summed E-state index contributed by atoms with van der Waals surface area (Å²) in [5.41, 5.74) is 3.54. The van der Waals surface area contributed by atoms with Crippen molar-refractivity contribution in [3.63, 3.8) is 0 Å². The van der Waals surface area contributed by atoms with Gasteiger partial charge in [0.1, 0.15) is 23.0 Å². The lowest BCUT2D eigenvalue weighted by molar-refractivity contribution is -0.137. The van der Waals surface area contributed by atoms with Gasteiger partial charge in [0.15, 0.2) is 0 Å². The number of nitrogens with one attached hydrogen (secondary N) is 1. The van der Waals surface area contributed by atoms with Crippen molar-refractivity contribution in [1.82, 2.24) is 10.3 Å². The number of hydrogen-bond acceptors (Lipinski definition) is 4. The molecule has 3 aromatic rings. The van der Waals surface area contributed by atoms with E-state index < -0.39 is 30.2 Å². The van der Waals surface area contributed by atoms with Gasteiger partial charge in [0, 0.05) is 11.1 Å². The fourth-order valence-electron chi connectivity index (χ4n) is 3.41. The number of aliphatic carboxylic acids is 1. The van der Waals surface area contributed by atoms with Crippen LogP contribution in [0, 0.1) is 19.7 Å². The minimum atomic E-state index is -1.16. The van der Waals surface area contributed by atoms with E-state index >= 15 is 0 Å². The summed E-state index contributed by atoms with van der Waals surface area (Å²) >= 11 is 0. The lowest BCUT2D eigenvalue weighted by Crippen LogP contribution is -2.31. The van der Waals surface area contributed by atoms with Crippen molar-refractivity contribution in [2.75, 3.05) is 7.11 Å². The molecule has 1 atom stereocenters. The van der Waals surface area contributed by atoms with Gasteiger partial charge >= 0.3 is 5.97 Å². The largest absolute Gasteiger partial charge is 0.494 e. The average Bonchev–Trinajstić information content (AvgIpc) is 2.73. The van der Waals surface area contributed by atoms with E-state index in [-0.39, 0.29) is 11.3 Å². The second kappa shape index (κ2) is 9.38. The summed E-state index contributed by atoms with van der Waals surface area (Å²) in [6.45, 7) is 3.92. The number of amides is 1. The number of pyridine rings is 1. The standard InChI is InChI=1S/C24H23FN2O4/c1-14-8-9-16(15(2)12-14)23-21(31-3)11-10-19(26-23)24(30)27-20(13-22(28)29)17-6-4-5-7-18(17)25/h4-12,20H,13H2,1-3H3,(H,27,30)(H,28,29). The Labute approximate surface area is 179 Å². The predicted molar refractivity (Wildman–Crippen MR) is 115 cm³/mol. The fraction of sp³-hybridized carbons (Fsp3) is 0.208. The van der Waals surface area contributed by atoms with Gasteiger partial charge in [-0.15, -0.1) is 0 Å². The third-order valence-electron chi connectivity index (χ3n) is 4.91. The highest BCUT2D eigenvalue weighted by Crippen LogP contribution is 2.31. The second-order valence-corrected chi connectivity index (χ2v) is 7.21. The number of rotatable bonds is 7. The fourth-order valence-corrected chi connectivity index (χ4v) is 3.41. The van der Waals surface area contributed by atoms with E-state index in [1.54, 1.807) is 12.1 Å². The molecule has 0 spiro atoms. The van der Waals surface area contributed by atoms with Crippen LogP contribution in [0.4, 0.5) is 4.39 Å². The van der Waals surface area contributed by atoms with Crippen LogP contribution < -0.4 is 10.1 Å². The van der Waals surface area contributed by atoms with Crippen molar-refractivity contribution in [2.45, 2.75) is 26.3 Å². The summed E-state index contributed by atoms with van der Waals surface area (Å²) in [6.07, 6.45) is -0.466. The average molecular weight is 422 g/mol. The summed E-state index contributed by atoms with van der Waals surface area (Å²) in [5.74, 6) is -1.86. The molecule has 0 aliphatic rings. The zero-order valence-electron chi connectivity index (χ0n) is 17.5. The number of halogens is 1. The Morgan fingerprint density at radius 1 is 1.13 bits per heavy atom. The molecule has 0 fully saturated rings. The Bertz CT molecular complexity index is 1130. The van der Waals surface area contributed by atoms with Gasteiger partial charge in [0.25, 0.3) is 5.91 Å². The van der Waals surface area contributed by atoms with E-state index in [0.717, 1.165) is 16.7 Å². The molecule has 6 nitrogen and oxygen atoms in total. The molecule has 0 radical (unpaired) electrons. The number of carboxylic acid groups (broad SMARTS) is 1. The number of aromatic nitrogens is 1.